The van der Waals surface area contributed by atoms with Crippen LogP contribution in [-0.2, 0) is 16.1 Å². The molecule has 0 bridgehead atoms. The highest BCUT2D eigenvalue weighted by atomic mass is 32.2. The van der Waals surface area contributed by atoms with Crippen molar-refractivity contribution in [2.75, 3.05) is 17.7 Å². The van der Waals surface area contributed by atoms with Crippen molar-refractivity contribution in [2.24, 2.45) is 0 Å². The van der Waals surface area contributed by atoms with Crippen LogP contribution in [-0.4, -0.2) is 39.0 Å². The maximum atomic E-state index is 14.2. The minimum absolute atomic E-state index is 0.0756. The third-order valence-corrected chi connectivity index (χ3v) is 5.12. The molecule has 0 aliphatic carbocycles. The molecule has 31 heavy (non-hydrogen) atoms. The molecule has 1 heterocycles. The molecule has 1 N–H and O–H groups in total. The molecular weight excluding hydrogens is 419 g/mol. The number of halogens is 1. The van der Waals surface area contributed by atoms with Gasteiger partial charge in [-0.25, -0.2) is 9.18 Å². The van der Waals surface area contributed by atoms with Gasteiger partial charge in [-0.15, -0.1) is 16.8 Å². The Hall–Kier alpha value is -3.46. The van der Waals surface area contributed by atoms with E-state index in [1.165, 1.54) is 17.8 Å². The second-order valence-corrected chi connectivity index (χ2v) is 7.26. The monoisotopic (exact) mass is 440 g/mol. The number of ether oxygens (including phenoxy) is 1. The standard InChI is InChI=1S/C22H21FN4O3S/c1-3-13-27-20(17-7-5-6-8-18(17)23)25-26-22(27)31-14-19(28)24-16-11-9-15(10-12-16)21(29)30-4-2/h3,5-12H,1,4,13-14H2,2H3,(H,24,28). The van der Waals surface area contributed by atoms with Crippen LogP contribution in [0.1, 0.15) is 17.3 Å². The first kappa shape index (κ1) is 22.2. The number of hydrogen-bond donors (Lipinski definition) is 1. The number of hydrogen-bond acceptors (Lipinski definition) is 6. The van der Waals surface area contributed by atoms with Gasteiger partial charge in [0, 0.05) is 12.2 Å². The van der Waals surface area contributed by atoms with Gasteiger partial charge >= 0.3 is 5.97 Å². The van der Waals surface area contributed by atoms with Crippen LogP contribution in [0.15, 0.2) is 66.3 Å². The highest BCUT2D eigenvalue weighted by Gasteiger charge is 2.17. The summed E-state index contributed by atoms with van der Waals surface area (Å²) in [4.78, 5) is 24.0. The van der Waals surface area contributed by atoms with Gasteiger partial charge in [-0.3, -0.25) is 9.36 Å². The van der Waals surface area contributed by atoms with Gasteiger partial charge in [-0.1, -0.05) is 30.0 Å². The lowest BCUT2D eigenvalue weighted by Gasteiger charge is -2.09. The Balaban J connectivity index is 1.66. The summed E-state index contributed by atoms with van der Waals surface area (Å²) in [5.74, 6) is -0.625. The maximum Gasteiger partial charge on any atom is 0.338 e. The first-order chi connectivity index (χ1) is 15.0. The number of thioether (sulfide) groups is 1. The second-order valence-electron chi connectivity index (χ2n) is 6.32. The molecule has 0 saturated heterocycles. The van der Waals surface area contributed by atoms with Gasteiger partial charge in [0.1, 0.15) is 5.82 Å². The topological polar surface area (TPSA) is 86.1 Å². The van der Waals surface area contributed by atoms with Crippen LogP contribution in [0.5, 0.6) is 0 Å². The molecule has 1 aromatic heterocycles. The zero-order chi connectivity index (χ0) is 22.2. The number of aromatic nitrogens is 3. The first-order valence-electron chi connectivity index (χ1n) is 9.52. The summed E-state index contributed by atoms with van der Waals surface area (Å²) in [5.41, 5.74) is 1.29. The van der Waals surface area contributed by atoms with Crippen LogP contribution in [0.2, 0.25) is 0 Å². The summed E-state index contributed by atoms with van der Waals surface area (Å²) < 4.78 is 20.8. The van der Waals surface area contributed by atoms with E-state index in [1.54, 1.807) is 60.0 Å². The predicted octanol–water partition coefficient (Wildman–Crippen LogP) is 4.18. The molecule has 3 rings (SSSR count). The Morgan fingerprint density at radius 2 is 1.94 bits per heavy atom. The molecule has 0 saturated carbocycles. The number of nitrogens with one attached hydrogen (secondary N) is 1. The SMILES string of the molecule is C=CCn1c(SCC(=O)Nc2ccc(C(=O)OCC)cc2)nnc1-c1ccccc1F. The van der Waals surface area contributed by atoms with Crippen molar-refractivity contribution in [3.8, 4) is 11.4 Å². The zero-order valence-corrected chi connectivity index (χ0v) is 17.7. The molecule has 7 nitrogen and oxygen atoms in total. The number of anilines is 1. The van der Waals surface area contributed by atoms with E-state index in [9.17, 15) is 14.0 Å². The quantitative estimate of drug-likeness (QED) is 0.305. The van der Waals surface area contributed by atoms with E-state index in [2.05, 4.69) is 22.1 Å². The smallest absolute Gasteiger partial charge is 0.338 e. The van der Waals surface area contributed by atoms with Crippen molar-refractivity contribution >= 4 is 29.3 Å². The number of rotatable bonds is 9. The van der Waals surface area contributed by atoms with Gasteiger partial charge in [0.05, 0.1) is 23.5 Å². The molecular formula is C22H21FN4O3S. The number of amides is 1. The molecule has 0 spiro atoms. The van der Waals surface area contributed by atoms with Crippen LogP contribution >= 0.6 is 11.8 Å². The fourth-order valence-electron chi connectivity index (χ4n) is 2.76. The summed E-state index contributed by atoms with van der Waals surface area (Å²) in [6.45, 7) is 6.13. The Morgan fingerprint density at radius 1 is 1.19 bits per heavy atom. The molecule has 3 aromatic rings. The maximum absolute atomic E-state index is 14.2. The summed E-state index contributed by atoms with van der Waals surface area (Å²) in [5, 5.41) is 11.4. The average molecular weight is 441 g/mol. The number of esters is 1. The molecule has 0 fully saturated rings. The van der Waals surface area contributed by atoms with E-state index in [-0.39, 0.29) is 11.7 Å². The number of nitrogens with zero attached hydrogens (tertiary/aromatic N) is 3. The largest absolute Gasteiger partial charge is 0.462 e. The minimum atomic E-state index is -0.414. The fourth-order valence-corrected chi connectivity index (χ4v) is 3.51. The van der Waals surface area contributed by atoms with Gasteiger partial charge < -0.3 is 10.1 Å². The highest BCUT2D eigenvalue weighted by molar-refractivity contribution is 7.99. The lowest BCUT2D eigenvalue weighted by atomic mass is 10.2. The normalized spacial score (nSPS) is 10.5. The van der Waals surface area contributed by atoms with Crippen molar-refractivity contribution in [1.29, 1.82) is 0 Å². The van der Waals surface area contributed by atoms with E-state index in [0.717, 1.165) is 0 Å². The lowest BCUT2D eigenvalue weighted by Crippen LogP contribution is -2.15. The summed E-state index contributed by atoms with van der Waals surface area (Å²) in [7, 11) is 0. The number of carbonyl (C=O) groups excluding carboxylic acids is 2. The van der Waals surface area contributed by atoms with Gasteiger partial charge in [0.15, 0.2) is 11.0 Å². The van der Waals surface area contributed by atoms with Gasteiger partial charge in [0.2, 0.25) is 5.91 Å². The minimum Gasteiger partial charge on any atom is -0.462 e. The molecule has 0 aliphatic rings. The average Bonchev–Trinajstić information content (AvgIpc) is 3.16. The van der Waals surface area contributed by atoms with Crippen LogP contribution in [0, 0.1) is 5.82 Å². The van der Waals surface area contributed by atoms with Crippen LogP contribution in [0.4, 0.5) is 10.1 Å². The summed E-state index contributed by atoms with van der Waals surface area (Å²) in [6, 6.07) is 12.7. The van der Waals surface area contributed by atoms with Crippen molar-refractivity contribution in [3.63, 3.8) is 0 Å². The Labute approximate surface area is 183 Å². The number of carbonyl (C=O) groups is 2. The van der Waals surface area contributed by atoms with E-state index in [1.807, 2.05) is 0 Å². The van der Waals surface area contributed by atoms with E-state index < -0.39 is 11.8 Å². The van der Waals surface area contributed by atoms with E-state index in [0.29, 0.717) is 40.9 Å². The van der Waals surface area contributed by atoms with Crippen molar-refractivity contribution in [3.05, 3.63) is 72.6 Å². The fraction of sp³-hybridized carbons (Fsp3) is 0.182. The third kappa shape index (κ3) is 5.58. The third-order valence-electron chi connectivity index (χ3n) is 4.16. The molecule has 0 atom stereocenters. The molecule has 2 aromatic carbocycles. The van der Waals surface area contributed by atoms with Crippen LogP contribution in [0.3, 0.4) is 0 Å². The molecule has 1 amide bonds. The van der Waals surface area contributed by atoms with Gasteiger partial charge in [-0.05, 0) is 43.3 Å². The van der Waals surface area contributed by atoms with Crippen LogP contribution in [0.25, 0.3) is 11.4 Å². The molecule has 160 valence electrons. The molecule has 9 heteroatoms. The van der Waals surface area contributed by atoms with Crippen molar-refractivity contribution < 1.29 is 18.7 Å². The first-order valence-corrected chi connectivity index (χ1v) is 10.5. The Morgan fingerprint density at radius 3 is 2.61 bits per heavy atom. The zero-order valence-electron chi connectivity index (χ0n) is 16.9. The molecule has 0 radical (unpaired) electrons. The molecule has 0 aliphatic heterocycles. The van der Waals surface area contributed by atoms with Crippen LogP contribution < -0.4 is 5.32 Å². The molecule has 0 unspecified atom stereocenters. The summed E-state index contributed by atoms with van der Waals surface area (Å²) in [6.07, 6.45) is 1.66. The van der Waals surface area contributed by atoms with E-state index >= 15 is 0 Å². The van der Waals surface area contributed by atoms with E-state index in [4.69, 9.17) is 4.74 Å². The predicted molar refractivity (Wildman–Crippen MR) is 117 cm³/mol. The number of allylic oxidation sites excluding steroid dienone is 1. The lowest BCUT2D eigenvalue weighted by molar-refractivity contribution is -0.113. The Bertz CT molecular complexity index is 1080. The van der Waals surface area contributed by atoms with Gasteiger partial charge in [0.25, 0.3) is 0 Å². The van der Waals surface area contributed by atoms with Crippen molar-refractivity contribution in [2.45, 2.75) is 18.6 Å². The van der Waals surface area contributed by atoms with Gasteiger partial charge in [-0.2, -0.15) is 0 Å². The highest BCUT2D eigenvalue weighted by Crippen LogP contribution is 2.26. The Kier molecular flexibility index (Phi) is 7.55. The number of benzene rings is 2. The second kappa shape index (κ2) is 10.5. The summed E-state index contributed by atoms with van der Waals surface area (Å²) >= 11 is 1.18. The van der Waals surface area contributed by atoms with Crippen molar-refractivity contribution in [1.82, 2.24) is 14.8 Å².